The number of hydrogen-bond donors (Lipinski definition) is 0. The van der Waals surface area contributed by atoms with Crippen molar-refractivity contribution in [3.63, 3.8) is 0 Å². The maximum absolute atomic E-state index is 3.94. The van der Waals surface area contributed by atoms with Gasteiger partial charge in [-0.3, -0.25) is 9.97 Å². The predicted molar refractivity (Wildman–Crippen MR) is 76.3 cm³/mol. The number of aryl methyl sites for hydroxylation is 1. The van der Waals surface area contributed by atoms with Gasteiger partial charge in [-0.05, 0) is 72.4 Å². The molecule has 0 saturated heterocycles. The lowest BCUT2D eigenvalue weighted by molar-refractivity contribution is 1.25. The molecule has 0 aliphatic rings. The predicted octanol–water partition coefficient (Wildman–Crippen LogP) is 4.76. The second-order valence-electron chi connectivity index (χ2n) is 3.00. The Morgan fingerprint density at radius 3 is 1.44 bits per heavy atom. The van der Waals surface area contributed by atoms with Gasteiger partial charge in [0.15, 0.2) is 0 Å². The summed E-state index contributed by atoms with van der Waals surface area (Å²) in [6.07, 6.45) is 7.08. The molecule has 2 aromatic heterocycles. The molecule has 5 heteroatoms. The Kier molecular flexibility index (Phi) is 6.16. The highest BCUT2D eigenvalue weighted by Gasteiger charge is 1.85. The quantitative estimate of drug-likeness (QED) is 0.628. The molecule has 0 amide bonds. The van der Waals surface area contributed by atoms with E-state index in [-0.39, 0.29) is 0 Å². The summed E-state index contributed by atoms with van der Waals surface area (Å²) in [5, 5.41) is 0. The molecule has 0 spiro atoms. The fourth-order valence-corrected chi connectivity index (χ4v) is 2.42. The molecule has 0 radical (unpaired) electrons. The zero-order chi connectivity index (χ0) is 12.0. The van der Waals surface area contributed by atoms with Crippen LogP contribution in [0.5, 0.6) is 0 Å². The van der Waals surface area contributed by atoms with Crippen LogP contribution in [0.4, 0.5) is 0 Å². The molecule has 0 aliphatic heterocycles. The van der Waals surface area contributed by atoms with Gasteiger partial charge in [-0.25, -0.2) is 0 Å². The van der Waals surface area contributed by atoms with Crippen molar-refractivity contribution in [2.75, 3.05) is 0 Å². The van der Waals surface area contributed by atoms with Crippen LogP contribution in [0.15, 0.2) is 50.3 Å². The lowest BCUT2D eigenvalue weighted by atomic mass is 10.3. The Morgan fingerprint density at radius 1 is 0.750 bits per heavy atom. The summed E-state index contributed by atoms with van der Waals surface area (Å²) >= 11 is 9.84. The molecule has 0 aliphatic carbocycles. The molecule has 2 aromatic rings. The van der Waals surface area contributed by atoms with E-state index in [0.29, 0.717) is 0 Å². The van der Waals surface area contributed by atoms with E-state index < -0.39 is 0 Å². The van der Waals surface area contributed by atoms with Gasteiger partial charge < -0.3 is 0 Å². The van der Waals surface area contributed by atoms with Gasteiger partial charge >= 0.3 is 0 Å². The van der Waals surface area contributed by atoms with Gasteiger partial charge in [0.05, 0.1) is 0 Å². The second-order valence-corrected chi connectivity index (χ2v) is 5.75. The summed E-state index contributed by atoms with van der Waals surface area (Å²) in [6.45, 7) is 2.01. The van der Waals surface area contributed by atoms with E-state index in [1.165, 1.54) is 5.56 Å². The second kappa shape index (κ2) is 7.14. The molecule has 0 atom stereocenters. The average molecular weight is 409 g/mol. The molecule has 0 aromatic carbocycles. The molecule has 2 nitrogen and oxygen atoms in total. The van der Waals surface area contributed by atoms with Gasteiger partial charge in [0.25, 0.3) is 0 Å². The Balaban J connectivity index is 0.000000160. The summed E-state index contributed by atoms with van der Waals surface area (Å²) in [7, 11) is 0. The minimum absolute atomic E-state index is 0.992. The van der Waals surface area contributed by atoms with Crippen LogP contribution < -0.4 is 0 Å². The molecule has 16 heavy (non-hydrogen) atoms. The van der Waals surface area contributed by atoms with E-state index in [2.05, 4.69) is 57.8 Å². The van der Waals surface area contributed by atoms with E-state index in [4.69, 9.17) is 0 Å². The van der Waals surface area contributed by atoms with Crippen molar-refractivity contribution in [1.29, 1.82) is 0 Å². The van der Waals surface area contributed by atoms with Crippen molar-refractivity contribution in [2.24, 2.45) is 0 Å². The average Bonchev–Trinajstić information content (AvgIpc) is 2.17. The summed E-state index contributed by atoms with van der Waals surface area (Å²) in [5.74, 6) is 0. The first-order valence-corrected chi connectivity index (χ1v) is 6.79. The molecule has 0 saturated carbocycles. The highest BCUT2D eigenvalue weighted by molar-refractivity contribution is 9.11. The fourth-order valence-electron chi connectivity index (χ4n) is 0.904. The standard InChI is InChI=1S/C6H6BrN.C5H3Br2N/c1-5-2-6(7)4-8-3-5;6-4-1-5(7)3-8-2-4/h2-4H,1H3;1-3H. The van der Waals surface area contributed by atoms with Crippen molar-refractivity contribution in [2.45, 2.75) is 6.92 Å². The van der Waals surface area contributed by atoms with Gasteiger partial charge in [0.1, 0.15) is 0 Å². The highest BCUT2D eigenvalue weighted by atomic mass is 79.9. The van der Waals surface area contributed by atoms with Crippen LogP contribution in [0.25, 0.3) is 0 Å². The maximum atomic E-state index is 3.94. The van der Waals surface area contributed by atoms with E-state index in [9.17, 15) is 0 Å². The minimum atomic E-state index is 0.992. The van der Waals surface area contributed by atoms with Crippen molar-refractivity contribution >= 4 is 47.8 Å². The number of rotatable bonds is 0. The molecule has 0 unspecified atom stereocenters. The van der Waals surface area contributed by atoms with E-state index in [1.807, 2.05) is 25.3 Å². The van der Waals surface area contributed by atoms with Crippen molar-refractivity contribution in [3.05, 3.63) is 55.9 Å². The number of aromatic nitrogens is 2. The Hall–Kier alpha value is -0.260. The van der Waals surface area contributed by atoms with Crippen LogP contribution in [0.3, 0.4) is 0 Å². The lowest BCUT2D eigenvalue weighted by Crippen LogP contribution is -1.73. The maximum Gasteiger partial charge on any atom is 0.0411 e. The van der Waals surface area contributed by atoms with Crippen LogP contribution in [0.1, 0.15) is 5.56 Å². The van der Waals surface area contributed by atoms with Crippen LogP contribution >= 0.6 is 47.8 Å². The minimum Gasteiger partial charge on any atom is -0.263 e. The molecular weight excluding hydrogens is 400 g/mol. The van der Waals surface area contributed by atoms with Gasteiger partial charge in [-0.1, -0.05) is 0 Å². The molecule has 2 heterocycles. The molecule has 0 fully saturated rings. The summed E-state index contributed by atoms with van der Waals surface area (Å²) < 4.78 is 3.02. The van der Waals surface area contributed by atoms with Crippen LogP contribution in [0.2, 0.25) is 0 Å². The first-order chi connectivity index (χ1) is 7.58. The Labute approximate surface area is 120 Å². The number of nitrogens with zero attached hydrogens (tertiary/aromatic N) is 2. The van der Waals surface area contributed by atoms with Gasteiger partial charge in [0.2, 0.25) is 0 Å². The fraction of sp³-hybridized carbons (Fsp3) is 0.0909. The molecule has 0 N–H and O–H groups in total. The smallest absolute Gasteiger partial charge is 0.0411 e. The third kappa shape index (κ3) is 5.72. The Morgan fingerprint density at radius 2 is 1.19 bits per heavy atom. The zero-order valence-electron chi connectivity index (χ0n) is 8.49. The van der Waals surface area contributed by atoms with E-state index in [1.54, 1.807) is 18.6 Å². The summed E-state index contributed by atoms with van der Waals surface area (Å²) in [4.78, 5) is 7.83. The van der Waals surface area contributed by atoms with Gasteiger partial charge in [-0.2, -0.15) is 0 Å². The summed E-state index contributed by atoms with van der Waals surface area (Å²) in [6, 6.07) is 3.96. The van der Waals surface area contributed by atoms with Crippen molar-refractivity contribution < 1.29 is 0 Å². The summed E-state index contributed by atoms with van der Waals surface area (Å²) in [5.41, 5.74) is 1.18. The molecule has 84 valence electrons. The molecular formula is C11H9Br3N2. The van der Waals surface area contributed by atoms with E-state index >= 15 is 0 Å². The zero-order valence-corrected chi connectivity index (χ0v) is 13.3. The molecule has 2 rings (SSSR count). The van der Waals surface area contributed by atoms with Crippen molar-refractivity contribution in [1.82, 2.24) is 9.97 Å². The topological polar surface area (TPSA) is 25.8 Å². The normalized spacial score (nSPS) is 9.25. The number of hydrogen-bond acceptors (Lipinski definition) is 2. The van der Waals surface area contributed by atoms with Crippen molar-refractivity contribution in [3.8, 4) is 0 Å². The van der Waals surface area contributed by atoms with Gasteiger partial charge in [-0.15, -0.1) is 0 Å². The Bertz CT molecular complexity index is 382. The number of pyridine rings is 2. The van der Waals surface area contributed by atoms with E-state index in [0.717, 1.165) is 13.4 Å². The first-order valence-electron chi connectivity index (χ1n) is 4.41. The largest absolute Gasteiger partial charge is 0.263 e. The van der Waals surface area contributed by atoms with Gasteiger partial charge in [0, 0.05) is 38.2 Å². The third-order valence-corrected chi connectivity index (χ3v) is 2.81. The third-order valence-electron chi connectivity index (χ3n) is 1.51. The highest BCUT2D eigenvalue weighted by Crippen LogP contribution is 2.13. The molecule has 0 bridgehead atoms. The van der Waals surface area contributed by atoms with Crippen LogP contribution in [0, 0.1) is 6.92 Å². The van der Waals surface area contributed by atoms with Crippen LogP contribution in [-0.2, 0) is 0 Å². The lowest BCUT2D eigenvalue weighted by Gasteiger charge is -1.88. The first kappa shape index (κ1) is 13.8. The number of halogens is 3. The monoisotopic (exact) mass is 406 g/mol. The van der Waals surface area contributed by atoms with Crippen LogP contribution in [-0.4, -0.2) is 9.97 Å². The SMILES string of the molecule is Brc1cncc(Br)c1.Cc1cncc(Br)c1.